The lowest BCUT2D eigenvalue weighted by atomic mass is 9.87. The van der Waals surface area contributed by atoms with E-state index < -0.39 is 129 Å². The fraction of sp³-hybridized carbons (Fsp3) is 0.594. The maximum Gasteiger partial charge on any atom is 0.481 e. The molecule has 2 aliphatic heterocycles. The van der Waals surface area contributed by atoms with Crippen molar-refractivity contribution in [1.82, 2.24) is 30.2 Å². The smallest absolute Gasteiger partial charge is 0.387 e. The summed E-state index contributed by atoms with van der Waals surface area (Å²) in [4.78, 5) is 107. The van der Waals surface area contributed by atoms with Gasteiger partial charge in [0.25, 0.3) is 6.23 Å². The lowest BCUT2D eigenvalue weighted by Gasteiger charge is -2.30. The van der Waals surface area contributed by atoms with Gasteiger partial charge >= 0.3 is 31.3 Å². The molecule has 386 valence electrons. The van der Waals surface area contributed by atoms with E-state index in [1.165, 1.54) is 42.9 Å². The van der Waals surface area contributed by atoms with Crippen LogP contribution < -0.4 is 20.9 Å². The van der Waals surface area contributed by atoms with Gasteiger partial charge in [0.2, 0.25) is 16.9 Å². The lowest BCUT2D eigenvalue weighted by molar-refractivity contribution is -0.765. The molecule has 3 aromatic rings. The molecular weight excluding hydrogens is 1040 g/mol. The summed E-state index contributed by atoms with van der Waals surface area (Å²) in [6, 6.07) is 2.90. The van der Waals surface area contributed by atoms with Crippen LogP contribution in [0.1, 0.15) is 43.1 Å². The normalized spacial score (nSPS) is 25.5. The summed E-state index contributed by atoms with van der Waals surface area (Å²) in [6.07, 6.45) is -10.2. The van der Waals surface area contributed by atoms with Crippen LogP contribution >= 0.6 is 43.1 Å². The minimum atomic E-state index is -5.63. The molecule has 2 fully saturated rings. The Morgan fingerprint density at radius 2 is 1.58 bits per heavy atom. The second kappa shape index (κ2) is 23.1. The molecule has 11 atom stereocenters. The van der Waals surface area contributed by atoms with Crippen LogP contribution in [0.15, 0.2) is 37.2 Å². The Morgan fingerprint density at radius 1 is 0.899 bits per heavy atom. The van der Waals surface area contributed by atoms with Crippen molar-refractivity contribution >= 4 is 77.0 Å². The molecule has 2 amide bonds. The number of aromatic nitrogens is 5. The minimum absolute atomic E-state index is 0.00412. The molecule has 5 heterocycles. The van der Waals surface area contributed by atoms with E-state index in [0.717, 1.165) is 29.0 Å². The summed E-state index contributed by atoms with van der Waals surface area (Å²) in [6.45, 7) is -0.735. The Labute approximate surface area is 393 Å². The topological polar surface area (TPSA) is 484 Å². The van der Waals surface area contributed by atoms with Gasteiger partial charge in [-0.2, -0.15) is 8.88 Å². The zero-order chi connectivity index (χ0) is 51.3. The Kier molecular flexibility index (Phi) is 18.9. The minimum Gasteiger partial charge on any atom is -0.387 e. The molecular formula is C32H49N8O24P4S+. The molecule has 69 heavy (non-hydrogen) atoms. The highest BCUT2D eigenvalue weighted by Crippen LogP contribution is 2.61. The molecule has 2 saturated heterocycles. The first-order chi connectivity index (χ1) is 32.0. The Balaban J connectivity index is 1.02. The fourth-order valence-corrected chi connectivity index (χ4v) is 10.3. The number of nitrogens with one attached hydrogen (secondary N) is 2. The van der Waals surface area contributed by atoms with Gasteiger partial charge in [-0.05, 0) is 6.07 Å². The van der Waals surface area contributed by atoms with Gasteiger partial charge in [0.1, 0.15) is 48.5 Å². The van der Waals surface area contributed by atoms with Gasteiger partial charge in [-0.25, -0.2) is 33.2 Å². The maximum absolute atomic E-state index is 12.8. The van der Waals surface area contributed by atoms with E-state index in [9.17, 15) is 72.6 Å². The van der Waals surface area contributed by atoms with E-state index in [1.54, 1.807) is 0 Å². The van der Waals surface area contributed by atoms with Crippen molar-refractivity contribution in [1.29, 1.82) is 0 Å². The van der Waals surface area contributed by atoms with E-state index in [-0.39, 0.29) is 47.8 Å². The molecule has 2 aliphatic rings. The average molecular weight is 1090 g/mol. The predicted molar refractivity (Wildman–Crippen MR) is 227 cm³/mol. The van der Waals surface area contributed by atoms with Gasteiger partial charge in [-0.3, -0.25) is 37.0 Å². The van der Waals surface area contributed by atoms with Crippen LogP contribution in [0.3, 0.4) is 0 Å². The molecule has 32 nitrogen and oxygen atoms in total. The van der Waals surface area contributed by atoms with E-state index >= 15 is 0 Å². The van der Waals surface area contributed by atoms with E-state index in [0.29, 0.717) is 0 Å². The molecule has 0 bridgehead atoms. The van der Waals surface area contributed by atoms with Crippen molar-refractivity contribution in [2.24, 2.45) is 5.41 Å². The Hall–Kier alpha value is -3.30. The average Bonchev–Trinajstić information content (AvgIpc) is 3.91. The molecule has 0 saturated carbocycles. The fourth-order valence-electron chi connectivity index (χ4n) is 6.41. The highest BCUT2D eigenvalue weighted by atomic mass is 32.2. The summed E-state index contributed by atoms with van der Waals surface area (Å²) in [7, 11) is -21.4. The number of hydrogen-bond acceptors (Lipinski definition) is 23. The summed E-state index contributed by atoms with van der Waals surface area (Å²) in [5.74, 6) is -1.60. The van der Waals surface area contributed by atoms with Crippen LogP contribution in [0.4, 0.5) is 5.82 Å². The van der Waals surface area contributed by atoms with Crippen LogP contribution in [0, 0.1) is 5.41 Å². The van der Waals surface area contributed by atoms with Crippen molar-refractivity contribution < 1.29 is 119 Å². The molecule has 0 radical (unpaired) electrons. The first kappa shape index (κ1) is 56.6. The second-order valence-electron chi connectivity index (χ2n) is 15.6. The number of pyridine rings is 1. The van der Waals surface area contributed by atoms with E-state index in [2.05, 4.69) is 38.9 Å². The number of ether oxygens (including phenoxy) is 2. The second-order valence-corrected chi connectivity index (χ2v) is 22.1. The van der Waals surface area contributed by atoms with E-state index in [4.69, 9.17) is 34.0 Å². The van der Waals surface area contributed by atoms with Crippen LogP contribution in [0.5, 0.6) is 0 Å². The number of amides is 2. The zero-order valence-electron chi connectivity index (χ0n) is 35.8. The molecule has 14 N–H and O–H groups in total. The van der Waals surface area contributed by atoms with Gasteiger partial charge in [0, 0.05) is 36.7 Å². The maximum atomic E-state index is 12.8. The van der Waals surface area contributed by atoms with Crippen LogP contribution in [-0.4, -0.2) is 168 Å². The number of nitrogen functional groups attached to an aromatic ring is 1. The zero-order valence-corrected chi connectivity index (χ0v) is 40.2. The number of carbonyl (C=O) groups excluding carboxylic acids is 3. The van der Waals surface area contributed by atoms with Gasteiger partial charge < -0.3 is 75.6 Å². The molecule has 0 spiro atoms. The molecule has 3 aromatic heterocycles. The quantitative estimate of drug-likeness (QED) is 0.0241. The first-order valence-electron chi connectivity index (χ1n) is 19.8. The van der Waals surface area contributed by atoms with Gasteiger partial charge in [0.05, 0.1) is 31.7 Å². The van der Waals surface area contributed by atoms with Crippen molar-refractivity contribution in [3.8, 4) is 0 Å². The SMILES string of the molecule is CC(C)(COP(=O)(O)OP(=O)(O)OCC1OC(n2cnc3c(N)ncnc32)C(O)C1OP(=O)(O)O)C(O)C(=O)NCCC(=O)NCCSC(=O)c1ccc[n+](C2OC(COP(=O)(O)O)C(O)C2O)c1. The third kappa shape index (κ3) is 15.8. The van der Waals surface area contributed by atoms with Crippen LogP contribution in [-0.2, 0) is 59.7 Å². The number of nitrogens with two attached hydrogens (primary N) is 1. The number of phosphoric ester groups is 4. The number of nitrogens with zero attached hydrogens (tertiary/aromatic N) is 5. The number of thioether (sulfide) groups is 1. The molecule has 37 heteroatoms. The Morgan fingerprint density at radius 3 is 2.26 bits per heavy atom. The monoisotopic (exact) mass is 1090 g/mol. The Bertz CT molecular complexity index is 2520. The van der Waals surface area contributed by atoms with Gasteiger partial charge in [-0.1, -0.05) is 25.6 Å². The lowest BCUT2D eigenvalue weighted by Crippen LogP contribution is -2.46. The third-order valence-electron chi connectivity index (χ3n) is 9.83. The molecule has 11 unspecified atom stereocenters. The highest BCUT2D eigenvalue weighted by molar-refractivity contribution is 8.14. The molecule has 0 aliphatic carbocycles. The summed E-state index contributed by atoms with van der Waals surface area (Å²) < 4.78 is 84.5. The third-order valence-corrected chi connectivity index (χ3v) is 14.3. The number of aliphatic hydroxyl groups is 4. The van der Waals surface area contributed by atoms with Crippen LogP contribution in [0.25, 0.3) is 11.2 Å². The predicted octanol–water partition coefficient (Wildman–Crippen LogP) is -3.01. The number of fused-ring (bicyclic) bond motifs is 1. The number of carbonyl (C=O) groups is 3. The number of anilines is 1. The summed E-state index contributed by atoms with van der Waals surface area (Å²) >= 11 is 0.815. The van der Waals surface area contributed by atoms with E-state index in [1.807, 2.05) is 0 Å². The number of phosphoric acid groups is 4. The summed E-state index contributed by atoms with van der Waals surface area (Å²) in [5.41, 5.74) is 4.28. The highest BCUT2D eigenvalue weighted by Gasteiger charge is 2.51. The van der Waals surface area contributed by atoms with Crippen molar-refractivity contribution in [3.05, 3.63) is 42.7 Å². The van der Waals surface area contributed by atoms with Gasteiger partial charge in [-0.15, -0.1) is 0 Å². The standard InChI is InChI=1S/C32H48N8O24P4S/c1-32(2,13-60-68(56,57)64-67(54,55)59-12-18-24(63-66(51,52)53)23(44)30(62-18)40-15-38-20-26(33)36-14-37-27(20)40)25(45)28(46)35-6-5-19(41)34-7-9-69-31(47)16-4-3-8-39(10-16)29-22(43)21(42)17(61-29)11-58-65(48,49)50/h3-4,8,10,14-15,17-18,21-25,29-30,42-45H,5-7,9,11-13H2,1-2H3,(H9-,33,34,35,36,37,41,46,48,49,50,51,52,53,54,55,56,57)/p+1. The van der Waals surface area contributed by atoms with Crippen molar-refractivity contribution in [2.75, 3.05) is 44.4 Å². The number of aliphatic hydroxyl groups excluding tert-OH is 4. The first-order valence-corrected chi connectivity index (χ1v) is 26.8. The number of hydrogen-bond donors (Lipinski definition) is 13. The molecule has 0 aromatic carbocycles. The summed E-state index contributed by atoms with van der Waals surface area (Å²) in [5, 5.41) is 46.6. The van der Waals surface area contributed by atoms with Crippen LogP contribution in [0.2, 0.25) is 0 Å². The van der Waals surface area contributed by atoms with Crippen molar-refractivity contribution in [2.45, 2.75) is 75.5 Å². The number of rotatable bonds is 24. The van der Waals surface area contributed by atoms with Gasteiger partial charge in [0.15, 0.2) is 36.2 Å². The molecule has 5 rings (SSSR count). The van der Waals surface area contributed by atoms with Crippen molar-refractivity contribution in [3.63, 3.8) is 0 Å². The number of imidazole rings is 1. The largest absolute Gasteiger partial charge is 0.481 e.